The summed E-state index contributed by atoms with van der Waals surface area (Å²) in [7, 11) is -3.37. The van der Waals surface area contributed by atoms with E-state index in [-0.39, 0.29) is 17.4 Å². The van der Waals surface area contributed by atoms with Crippen molar-refractivity contribution in [1.82, 2.24) is 0 Å². The van der Waals surface area contributed by atoms with E-state index in [9.17, 15) is 18.0 Å². The first-order chi connectivity index (χ1) is 15.3. The second-order valence-electron chi connectivity index (χ2n) is 6.84. The van der Waals surface area contributed by atoms with E-state index < -0.39 is 10.0 Å². The Hall–Kier alpha value is -3.42. The normalized spacial score (nSPS) is 11.3. The van der Waals surface area contributed by atoms with Crippen molar-refractivity contribution >= 4 is 50.8 Å². The van der Waals surface area contributed by atoms with Gasteiger partial charge in [0.15, 0.2) is 5.78 Å². The van der Waals surface area contributed by atoms with Gasteiger partial charge in [-0.1, -0.05) is 41.9 Å². The topological polar surface area (TPSA) is 92.3 Å². The summed E-state index contributed by atoms with van der Waals surface area (Å²) in [4.78, 5) is 24.9. The van der Waals surface area contributed by atoms with Crippen LogP contribution in [0.2, 0.25) is 5.02 Å². The van der Waals surface area contributed by atoms with Crippen LogP contribution >= 0.6 is 11.6 Å². The van der Waals surface area contributed by atoms with E-state index in [0.29, 0.717) is 27.5 Å². The van der Waals surface area contributed by atoms with Gasteiger partial charge in [-0.15, -0.1) is 0 Å². The van der Waals surface area contributed by atoms with Crippen LogP contribution in [0.5, 0.6) is 0 Å². The summed E-state index contributed by atoms with van der Waals surface area (Å²) in [6.45, 7) is 1.54. The molecule has 0 aliphatic carbocycles. The molecule has 0 spiro atoms. The van der Waals surface area contributed by atoms with E-state index in [2.05, 4.69) is 10.0 Å². The maximum absolute atomic E-state index is 12.4. The smallest absolute Gasteiger partial charge is 0.257 e. The Bertz CT molecular complexity index is 1270. The van der Waals surface area contributed by atoms with E-state index in [1.54, 1.807) is 85.8 Å². The van der Waals surface area contributed by atoms with Crippen molar-refractivity contribution < 1.29 is 18.0 Å². The van der Waals surface area contributed by atoms with Crippen molar-refractivity contribution in [2.24, 2.45) is 0 Å². The number of ketones is 1. The lowest BCUT2D eigenvalue weighted by atomic mass is 10.1. The minimum Gasteiger partial charge on any atom is -0.322 e. The minimum absolute atomic E-state index is 0.0334. The molecule has 3 aromatic rings. The number of anilines is 2. The molecule has 0 saturated heterocycles. The lowest BCUT2D eigenvalue weighted by molar-refractivity contribution is 0.102. The molecule has 2 N–H and O–H groups in total. The number of amides is 1. The first-order valence-corrected chi connectivity index (χ1v) is 11.8. The largest absolute Gasteiger partial charge is 0.322 e. The summed E-state index contributed by atoms with van der Waals surface area (Å²) in [5, 5.41) is 3.15. The van der Waals surface area contributed by atoms with E-state index >= 15 is 0 Å². The molecular formula is C24H21ClN2O4S. The van der Waals surface area contributed by atoms with Crippen LogP contribution in [-0.2, 0) is 10.0 Å². The Morgan fingerprint density at radius 2 is 1.66 bits per heavy atom. The molecule has 32 heavy (non-hydrogen) atoms. The van der Waals surface area contributed by atoms with Gasteiger partial charge in [0.2, 0.25) is 10.0 Å². The molecule has 0 heterocycles. The molecule has 0 saturated carbocycles. The maximum Gasteiger partial charge on any atom is 0.257 e. The molecule has 1 amide bonds. The number of sulfonamides is 1. The zero-order chi connectivity index (χ0) is 23.1. The molecule has 3 rings (SSSR count). The van der Waals surface area contributed by atoms with Gasteiger partial charge in [0.05, 0.1) is 16.3 Å². The molecule has 0 aliphatic rings. The van der Waals surface area contributed by atoms with Gasteiger partial charge in [0.25, 0.3) is 5.91 Å². The van der Waals surface area contributed by atoms with Gasteiger partial charge in [-0.25, -0.2) is 8.42 Å². The van der Waals surface area contributed by atoms with Gasteiger partial charge in [-0.2, -0.15) is 0 Å². The predicted octanol–water partition coefficient (Wildman–Crippen LogP) is 5.25. The van der Waals surface area contributed by atoms with Gasteiger partial charge < -0.3 is 5.32 Å². The summed E-state index contributed by atoms with van der Waals surface area (Å²) in [5.74, 6) is -0.596. The number of hydrogen-bond donors (Lipinski definition) is 2. The average Bonchev–Trinajstić information content (AvgIpc) is 2.78. The zero-order valence-electron chi connectivity index (χ0n) is 17.2. The third kappa shape index (κ3) is 6.29. The Labute approximate surface area is 192 Å². The van der Waals surface area contributed by atoms with Crippen LogP contribution in [0.1, 0.15) is 33.2 Å². The summed E-state index contributed by atoms with van der Waals surface area (Å²) in [6, 6.07) is 20.0. The number of carbonyl (C=O) groups excluding carboxylic acids is 2. The Kier molecular flexibility index (Phi) is 7.45. The van der Waals surface area contributed by atoms with Crippen LogP contribution in [-0.4, -0.2) is 25.9 Å². The quantitative estimate of drug-likeness (QED) is 0.349. The van der Waals surface area contributed by atoms with Gasteiger partial charge >= 0.3 is 0 Å². The first kappa shape index (κ1) is 23.2. The first-order valence-electron chi connectivity index (χ1n) is 9.76. The number of carbonyl (C=O) groups is 2. The Morgan fingerprint density at radius 3 is 2.34 bits per heavy atom. The summed E-state index contributed by atoms with van der Waals surface area (Å²) >= 11 is 6.06. The van der Waals surface area contributed by atoms with E-state index in [4.69, 9.17) is 11.6 Å². The minimum atomic E-state index is -3.37. The number of halogens is 1. The highest BCUT2D eigenvalue weighted by Gasteiger charge is 2.10. The second-order valence-corrected chi connectivity index (χ2v) is 9.26. The molecular weight excluding hydrogens is 448 g/mol. The number of nitrogens with one attached hydrogen (secondary N) is 2. The fourth-order valence-electron chi connectivity index (χ4n) is 2.79. The summed E-state index contributed by atoms with van der Waals surface area (Å²) in [5.41, 5.74) is 2.48. The molecule has 0 radical (unpaired) electrons. The molecule has 0 fully saturated rings. The summed E-state index contributed by atoms with van der Waals surface area (Å²) < 4.78 is 25.7. The lowest BCUT2D eigenvalue weighted by Crippen LogP contribution is -2.14. The molecule has 0 unspecified atom stereocenters. The molecule has 8 heteroatoms. The maximum atomic E-state index is 12.4. The second kappa shape index (κ2) is 10.3. The van der Waals surface area contributed by atoms with Crippen LogP contribution in [0, 0.1) is 0 Å². The van der Waals surface area contributed by atoms with Gasteiger partial charge in [-0.05, 0) is 67.1 Å². The lowest BCUT2D eigenvalue weighted by Gasteiger charge is -2.07. The molecule has 0 atom stereocenters. The van der Waals surface area contributed by atoms with Crippen LogP contribution in [0.3, 0.4) is 0 Å². The van der Waals surface area contributed by atoms with Gasteiger partial charge in [0, 0.05) is 16.9 Å². The van der Waals surface area contributed by atoms with Crippen molar-refractivity contribution in [3.8, 4) is 0 Å². The van der Waals surface area contributed by atoms with E-state index in [1.165, 1.54) is 6.08 Å². The fourth-order valence-corrected chi connectivity index (χ4v) is 3.65. The van der Waals surface area contributed by atoms with E-state index in [0.717, 1.165) is 5.56 Å². The standard InChI is InChI=1S/C24H21ClN2O4S/c1-2-32(30,31)27-19-13-11-18(12-14-19)23(28)15-10-17-6-5-7-20(16-17)26-24(29)21-8-3-4-9-22(21)25/h3-16,27H,2H2,1H3,(H,26,29). The van der Waals surface area contributed by atoms with Crippen molar-refractivity contribution in [3.63, 3.8) is 0 Å². The predicted molar refractivity (Wildman–Crippen MR) is 129 cm³/mol. The van der Waals surface area contributed by atoms with Gasteiger partial charge in [-0.3, -0.25) is 14.3 Å². The number of rotatable bonds is 8. The van der Waals surface area contributed by atoms with Gasteiger partial charge in [0.1, 0.15) is 0 Å². The number of benzene rings is 3. The molecule has 6 nitrogen and oxygen atoms in total. The highest BCUT2D eigenvalue weighted by Crippen LogP contribution is 2.19. The SMILES string of the molecule is CCS(=O)(=O)Nc1ccc(C(=O)C=Cc2cccc(NC(=O)c3ccccc3Cl)c2)cc1. The molecule has 164 valence electrons. The van der Waals surface area contributed by atoms with E-state index in [1.807, 2.05) is 0 Å². The van der Waals surface area contributed by atoms with Crippen LogP contribution in [0.15, 0.2) is 78.9 Å². The number of hydrogen-bond acceptors (Lipinski definition) is 4. The Morgan fingerprint density at radius 1 is 0.938 bits per heavy atom. The monoisotopic (exact) mass is 468 g/mol. The average molecular weight is 469 g/mol. The van der Waals surface area contributed by atoms with Crippen LogP contribution in [0.4, 0.5) is 11.4 Å². The van der Waals surface area contributed by atoms with Crippen molar-refractivity contribution in [2.45, 2.75) is 6.92 Å². The third-order valence-electron chi connectivity index (χ3n) is 4.51. The molecule has 0 aliphatic heterocycles. The van der Waals surface area contributed by atoms with Crippen molar-refractivity contribution in [1.29, 1.82) is 0 Å². The van der Waals surface area contributed by atoms with Crippen molar-refractivity contribution in [3.05, 3.63) is 101 Å². The zero-order valence-corrected chi connectivity index (χ0v) is 18.8. The highest BCUT2D eigenvalue weighted by molar-refractivity contribution is 7.92. The van der Waals surface area contributed by atoms with Crippen molar-refractivity contribution in [2.75, 3.05) is 15.8 Å². The summed E-state index contributed by atoms with van der Waals surface area (Å²) in [6.07, 6.45) is 3.06. The molecule has 0 aromatic heterocycles. The fraction of sp³-hybridized carbons (Fsp3) is 0.0833. The Balaban J connectivity index is 1.67. The molecule has 0 bridgehead atoms. The number of allylic oxidation sites excluding steroid dienone is 1. The molecule has 3 aromatic carbocycles. The highest BCUT2D eigenvalue weighted by atomic mass is 35.5. The van der Waals surface area contributed by atoms with Crippen LogP contribution < -0.4 is 10.0 Å². The third-order valence-corrected chi connectivity index (χ3v) is 6.15. The van der Waals surface area contributed by atoms with Crippen LogP contribution in [0.25, 0.3) is 6.08 Å².